The molecule has 0 aliphatic heterocycles. The van der Waals surface area contributed by atoms with Gasteiger partial charge in [0.2, 0.25) is 0 Å². The largest absolute Gasteiger partial charge is 0.450 e. The summed E-state index contributed by atoms with van der Waals surface area (Å²) in [7, 11) is -1.17. The lowest BCUT2D eigenvalue weighted by Crippen LogP contribution is -2.47. The zero-order chi connectivity index (χ0) is 17.3. The summed E-state index contributed by atoms with van der Waals surface area (Å²) < 4.78 is 5.49. The minimum Gasteiger partial charge on any atom is -0.450 e. The monoisotopic (exact) mass is 342 g/mol. The van der Waals surface area contributed by atoms with Gasteiger partial charge in [0, 0.05) is 14.6 Å². The topological polar surface area (TPSA) is 55.6 Å². The predicted octanol–water partition coefficient (Wildman–Crippen LogP) is 4.82. The molecule has 0 saturated heterocycles. The van der Waals surface area contributed by atoms with Crippen LogP contribution in [-0.4, -0.2) is 38.4 Å². The Hall–Kier alpha value is -0.553. The molecule has 0 spiro atoms. The zero-order valence-corrected chi connectivity index (χ0v) is 16.8. The molecule has 0 aromatic rings. The van der Waals surface area contributed by atoms with Crippen molar-refractivity contribution in [3.63, 3.8) is 0 Å². The number of rotatable bonds is 9. The van der Waals surface area contributed by atoms with Crippen LogP contribution in [0.1, 0.15) is 58.3 Å². The molecule has 1 unspecified atom stereocenters. The average molecular weight is 343 g/mol. The smallest absolute Gasteiger partial charge is 0.410 e. The van der Waals surface area contributed by atoms with Gasteiger partial charge in [-0.25, -0.2) is 4.79 Å². The van der Waals surface area contributed by atoms with Crippen molar-refractivity contribution in [2.24, 2.45) is 11.7 Å². The van der Waals surface area contributed by atoms with E-state index in [4.69, 9.17) is 10.5 Å². The second-order valence-corrected chi connectivity index (χ2v) is 13.9. The average Bonchev–Trinajstić information content (AvgIpc) is 2.50. The van der Waals surface area contributed by atoms with E-state index in [0.29, 0.717) is 13.2 Å². The highest BCUT2D eigenvalue weighted by molar-refractivity contribution is 6.76. The van der Waals surface area contributed by atoms with Crippen molar-refractivity contribution in [2.45, 2.75) is 90.1 Å². The van der Waals surface area contributed by atoms with Gasteiger partial charge in [0.05, 0.1) is 12.8 Å². The van der Waals surface area contributed by atoms with Crippen molar-refractivity contribution in [3.8, 4) is 0 Å². The molecule has 23 heavy (non-hydrogen) atoms. The Kier molecular flexibility index (Phi) is 9.21. The number of hydrogen-bond acceptors (Lipinski definition) is 3. The van der Waals surface area contributed by atoms with Gasteiger partial charge in [0.15, 0.2) is 0 Å². The third kappa shape index (κ3) is 8.75. The zero-order valence-electron chi connectivity index (χ0n) is 15.8. The van der Waals surface area contributed by atoms with Gasteiger partial charge in [-0.15, -0.1) is 0 Å². The molecule has 1 rings (SSSR count). The maximum absolute atomic E-state index is 12.4. The van der Waals surface area contributed by atoms with Crippen molar-refractivity contribution in [3.05, 3.63) is 0 Å². The van der Waals surface area contributed by atoms with E-state index in [1.54, 1.807) is 4.90 Å². The molecular formula is C18H38N2O2Si. The lowest BCUT2D eigenvalue weighted by Gasteiger charge is -2.30. The van der Waals surface area contributed by atoms with E-state index in [1.807, 2.05) is 0 Å². The van der Waals surface area contributed by atoms with Crippen LogP contribution in [-0.2, 0) is 4.74 Å². The van der Waals surface area contributed by atoms with E-state index in [2.05, 4.69) is 26.6 Å². The van der Waals surface area contributed by atoms with Crippen LogP contribution in [0.4, 0.5) is 4.79 Å². The van der Waals surface area contributed by atoms with Crippen LogP contribution in [0.3, 0.4) is 0 Å². The first-order chi connectivity index (χ1) is 10.8. The SMILES string of the molecule is CCCN(C(=O)OCC[Si](C)(C)C)C(N)CCC1CCCCC1. The molecule has 1 amide bonds. The summed E-state index contributed by atoms with van der Waals surface area (Å²) >= 11 is 0. The van der Waals surface area contributed by atoms with Crippen molar-refractivity contribution in [1.29, 1.82) is 0 Å². The molecule has 1 aliphatic carbocycles. The van der Waals surface area contributed by atoms with Crippen LogP contribution < -0.4 is 5.73 Å². The van der Waals surface area contributed by atoms with Crippen LogP contribution in [0, 0.1) is 5.92 Å². The Morgan fingerprint density at radius 2 is 1.91 bits per heavy atom. The van der Waals surface area contributed by atoms with Crippen LogP contribution in [0.5, 0.6) is 0 Å². The summed E-state index contributed by atoms with van der Waals surface area (Å²) in [5.74, 6) is 0.807. The summed E-state index contributed by atoms with van der Waals surface area (Å²) in [6.45, 7) is 10.2. The van der Waals surface area contributed by atoms with E-state index in [9.17, 15) is 4.79 Å². The molecule has 1 aliphatic rings. The Balaban J connectivity index is 2.39. The summed E-state index contributed by atoms with van der Waals surface area (Å²) in [6, 6.07) is 1.01. The minimum absolute atomic E-state index is 0.198. The van der Waals surface area contributed by atoms with Gasteiger partial charge in [0.1, 0.15) is 0 Å². The molecule has 1 atom stereocenters. The third-order valence-electron chi connectivity index (χ3n) is 4.77. The van der Waals surface area contributed by atoms with Crippen LogP contribution in [0.15, 0.2) is 0 Å². The summed E-state index contributed by atoms with van der Waals surface area (Å²) in [5, 5.41) is 0. The molecular weight excluding hydrogens is 304 g/mol. The van der Waals surface area contributed by atoms with Crippen LogP contribution in [0.2, 0.25) is 25.7 Å². The van der Waals surface area contributed by atoms with Crippen molar-refractivity contribution in [2.75, 3.05) is 13.2 Å². The van der Waals surface area contributed by atoms with Gasteiger partial charge < -0.3 is 10.5 Å². The fourth-order valence-corrected chi connectivity index (χ4v) is 3.91. The number of carbonyl (C=O) groups excluding carboxylic acids is 1. The van der Waals surface area contributed by atoms with Crippen LogP contribution in [0.25, 0.3) is 0 Å². The van der Waals surface area contributed by atoms with E-state index >= 15 is 0 Å². The van der Waals surface area contributed by atoms with Gasteiger partial charge in [-0.3, -0.25) is 4.90 Å². The summed E-state index contributed by atoms with van der Waals surface area (Å²) in [4.78, 5) is 14.1. The fraction of sp³-hybridized carbons (Fsp3) is 0.944. The van der Waals surface area contributed by atoms with E-state index in [-0.39, 0.29) is 12.3 Å². The second kappa shape index (κ2) is 10.3. The quantitative estimate of drug-likeness (QED) is 0.483. The molecule has 2 N–H and O–H groups in total. The Morgan fingerprint density at radius 3 is 2.48 bits per heavy atom. The summed E-state index contributed by atoms with van der Waals surface area (Å²) in [5.41, 5.74) is 6.31. The number of hydrogen-bond donors (Lipinski definition) is 1. The molecule has 0 aromatic heterocycles. The molecule has 5 heteroatoms. The number of carbonyl (C=O) groups is 1. The number of nitrogens with two attached hydrogens (primary N) is 1. The molecule has 1 fully saturated rings. The molecule has 0 bridgehead atoms. The number of nitrogens with zero attached hydrogens (tertiary/aromatic N) is 1. The van der Waals surface area contributed by atoms with Crippen molar-refractivity contribution >= 4 is 14.2 Å². The van der Waals surface area contributed by atoms with E-state index < -0.39 is 8.07 Å². The minimum atomic E-state index is -1.17. The first kappa shape index (κ1) is 20.5. The maximum Gasteiger partial charge on any atom is 0.410 e. The molecule has 1 saturated carbocycles. The fourth-order valence-electron chi connectivity index (χ4n) is 3.20. The predicted molar refractivity (Wildman–Crippen MR) is 100 cm³/mol. The molecule has 0 radical (unpaired) electrons. The lowest BCUT2D eigenvalue weighted by atomic mass is 9.86. The first-order valence-corrected chi connectivity index (χ1v) is 13.2. The van der Waals surface area contributed by atoms with Gasteiger partial charge in [-0.05, 0) is 31.2 Å². The first-order valence-electron chi connectivity index (χ1n) is 9.52. The highest BCUT2D eigenvalue weighted by Gasteiger charge is 2.23. The highest BCUT2D eigenvalue weighted by atomic mass is 28.3. The molecule has 0 heterocycles. The van der Waals surface area contributed by atoms with Gasteiger partial charge in [0.25, 0.3) is 0 Å². The van der Waals surface area contributed by atoms with E-state index in [0.717, 1.165) is 31.2 Å². The number of ether oxygens (including phenoxy) is 1. The molecule has 136 valence electrons. The van der Waals surface area contributed by atoms with Crippen LogP contribution >= 0.6 is 0 Å². The van der Waals surface area contributed by atoms with Gasteiger partial charge in [-0.1, -0.05) is 58.7 Å². The maximum atomic E-state index is 12.4. The lowest BCUT2D eigenvalue weighted by molar-refractivity contribution is 0.0866. The van der Waals surface area contributed by atoms with Crippen molar-refractivity contribution in [1.82, 2.24) is 4.90 Å². The standard InChI is InChI=1S/C18H38N2O2Si/c1-5-13-20(18(21)22-14-15-23(2,3)4)17(19)12-11-16-9-7-6-8-10-16/h16-17H,5-15,19H2,1-4H3. The third-order valence-corrected chi connectivity index (χ3v) is 6.48. The highest BCUT2D eigenvalue weighted by Crippen LogP contribution is 2.28. The van der Waals surface area contributed by atoms with Crippen molar-refractivity contribution < 1.29 is 9.53 Å². The Morgan fingerprint density at radius 1 is 1.26 bits per heavy atom. The second-order valence-electron chi connectivity index (χ2n) is 8.27. The summed E-state index contributed by atoms with van der Waals surface area (Å²) in [6.07, 6.45) is 9.31. The molecule has 4 nitrogen and oxygen atoms in total. The Bertz CT molecular complexity index is 338. The normalized spacial score (nSPS) is 17.8. The number of amides is 1. The molecule has 0 aromatic carbocycles. The van der Waals surface area contributed by atoms with Gasteiger partial charge >= 0.3 is 6.09 Å². The van der Waals surface area contributed by atoms with Gasteiger partial charge in [-0.2, -0.15) is 0 Å². The van der Waals surface area contributed by atoms with E-state index in [1.165, 1.54) is 32.1 Å². The Labute approximate surface area is 144 Å².